The second kappa shape index (κ2) is 8.48. The number of nitrogens with two attached hydrogens (primary N) is 1. The van der Waals surface area contributed by atoms with Gasteiger partial charge in [-0.1, -0.05) is 46.3 Å². The number of carbonyl (C=O) groups is 1. The molecule has 2 aliphatic rings. The second-order valence-corrected chi connectivity index (χ2v) is 9.17. The van der Waals surface area contributed by atoms with E-state index in [1.54, 1.807) is 0 Å². The number of ether oxygens (including phenoxy) is 1. The Balaban J connectivity index is 1.48. The van der Waals surface area contributed by atoms with Gasteiger partial charge in [0.2, 0.25) is 0 Å². The first kappa shape index (κ1) is 20.8. The van der Waals surface area contributed by atoms with E-state index < -0.39 is 5.91 Å². The number of likely N-dealkylation sites (tertiary alicyclic amines) is 1. The summed E-state index contributed by atoms with van der Waals surface area (Å²) in [7, 11) is 0. The molecule has 2 aliphatic heterocycles. The number of primary amides is 1. The molecule has 6 nitrogen and oxygen atoms in total. The van der Waals surface area contributed by atoms with Crippen LogP contribution >= 0.6 is 15.9 Å². The zero-order valence-corrected chi connectivity index (χ0v) is 19.1. The van der Waals surface area contributed by atoms with Gasteiger partial charge in [-0.3, -0.25) is 9.69 Å². The average Bonchev–Trinajstić information content (AvgIpc) is 2.79. The predicted molar refractivity (Wildman–Crippen MR) is 128 cm³/mol. The predicted octanol–water partition coefficient (Wildman–Crippen LogP) is 5.16. The highest BCUT2D eigenvalue weighted by Gasteiger charge is 2.36. The number of rotatable bonds is 4. The van der Waals surface area contributed by atoms with Crippen molar-refractivity contribution in [2.75, 3.05) is 18.0 Å². The fourth-order valence-corrected chi connectivity index (χ4v) is 4.99. The van der Waals surface area contributed by atoms with Crippen LogP contribution in [0.3, 0.4) is 0 Å². The fraction of sp³-hybridized carbons (Fsp3) is 0.240. The molecule has 2 heterocycles. The number of aromatic hydroxyl groups is 1. The quantitative estimate of drug-likeness (QED) is 0.524. The first-order valence-corrected chi connectivity index (χ1v) is 11.5. The summed E-state index contributed by atoms with van der Waals surface area (Å²) in [6, 6.07) is 19.5. The zero-order chi connectivity index (χ0) is 22.2. The van der Waals surface area contributed by atoms with E-state index in [9.17, 15) is 9.90 Å². The van der Waals surface area contributed by atoms with Gasteiger partial charge in [-0.2, -0.15) is 0 Å². The van der Waals surface area contributed by atoms with Crippen LogP contribution < -0.4 is 15.4 Å². The van der Waals surface area contributed by atoms with Gasteiger partial charge in [-0.25, -0.2) is 0 Å². The summed E-state index contributed by atoms with van der Waals surface area (Å²) < 4.78 is 6.98. The molecule has 7 heteroatoms. The third-order valence-corrected chi connectivity index (χ3v) is 6.67. The molecule has 3 N–H and O–H groups in total. The number of hydrogen-bond acceptors (Lipinski definition) is 5. The second-order valence-electron chi connectivity index (χ2n) is 8.25. The summed E-state index contributed by atoms with van der Waals surface area (Å²) >= 11 is 3.50. The van der Waals surface area contributed by atoms with Crippen LogP contribution in [0.15, 0.2) is 65.1 Å². The smallest absolute Gasteiger partial charge is 0.252 e. The molecule has 5 rings (SSSR count). The lowest BCUT2D eigenvalue weighted by molar-refractivity contribution is 0.0998. The lowest BCUT2D eigenvalue weighted by Crippen LogP contribution is -2.43. The molecule has 0 atom stereocenters. The molecule has 3 aromatic carbocycles. The first-order chi connectivity index (χ1) is 15.5. The lowest BCUT2D eigenvalue weighted by atomic mass is 9.98. The Morgan fingerprint density at radius 2 is 1.84 bits per heavy atom. The molecule has 0 aliphatic carbocycles. The van der Waals surface area contributed by atoms with Crippen molar-refractivity contribution in [1.82, 2.24) is 4.90 Å². The third-order valence-electron chi connectivity index (χ3n) is 6.18. The maximum Gasteiger partial charge on any atom is 0.252 e. The summed E-state index contributed by atoms with van der Waals surface area (Å²) in [6.07, 6.45) is 1.84. The summed E-state index contributed by atoms with van der Waals surface area (Å²) in [4.78, 5) is 16.7. The Labute approximate surface area is 195 Å². The number of amides is 1. The minimum absolute atomic E-state index is 0.0743. The Bertz CT molecular complexity index is 1160. The molecule has 0 radical (unpaired) electrons. The standard InChI is InChI=1S/C25H24BrN3O3/c26-17-6-8-20-22(14-17)32-24-19(25(27)31)7-9-21(30)23(24)29(20)18-10-12-28(13-11-18)15-16-4-2-1-3-5-16/h1-9,14,18,30H,10-13,15H2,(H2,27,31). The van der Waals surface area contributed by atoms with Crippen LogP contribution in [0.4, 0.5) is 11.4 Å². The SMILES string of the molecule is NC(=O)c1ccc(O)c2c1Oc1cc(Br)ccc1N2C1CCN(Cc2ccccc2)CC1. The van der Waals surface area contributed by atoms with Gasteiger partial charge >= 0.3 is 0 Å². The largest absolute Gasteiger partial charge is 0.506 e. The Morgan fingerprint density at radius 3 is 2.56 bits per heavy atom. The monoisotopic (exact) mass is 493 g/mol. The molecule has 0 aromatic heterocycles. The van der Waals surface area contributed by atoms with Crippen LogP contribution in [-0.4, -0.2) is 35.0 Å². The number of phenolic OH excluding ortho intramolecular Hbond substituents is 1. The Morgan fingerprint density at radius 1 is 1.09 bits per heavy atom. The molecule has 1 fully saturated rings. The van der Waals surface area contributed by atoms with Crippen molar-refractivity contribution in [1.29, 1.82) is 0 Å². The van der Waals surface area contributed by atoms with Gasteiger partial charge in [0.1, 0.15) is 11.4 Å². The van der Waals surface area contributed by atoms with E-state index in [0.29, 0.717) is 17.2 Å². The molecule has 3 aromatic rings. The van der Waals surface area contributed by atoms with Gasteiger partial charge in [0.15, 0.2) is 11.5 Å². The molecule has 0 saturated carbocycles. The van der Waals surface area contributed by atoms with E-state index >= 15 is 0 Å². The molecule has 0 bridgehead atoms. The average molecular weight is 494 g/mol. The van der Waals surface area contributed by atoms with Crippen molar-refractivity contribution in [3.8, 4) is 17.2 Å². The number of hydrogen-bond donors (Lipinski definition) is 2. The van der Waals surface area contributed by atoms with E-state index in [1.807, 2.05) is 24.3 Å². The Hall–Kier alpha value is -3.03. The van der Waals surface area contributed by atoms with Gasteiger partial charge in [-0.15, -0.1) is 0 Å². The molecule has 0 spiro atoms. The molecule has 1 amide bonds. The molecule has 32 heavy (non-hydrogen) atoms. The van der Waals surface area contributed by atoms with Gasteiger partial charge in [-0.05, 0) is 48.7 Å². The highest BCUT2D eigenvalue weighted by Crippen LogP contribution is 2.54. The summed E-state index contributed by atoms with van der Waals surface area (Å²) in [5.41, 5.74) is 8.57. The third kappa shape index (κ3) is 3.82. The lowest BCUT2D eigenvalue weighted by Gasteiger charge is -2.43. The van der Waals surface area contributed by atoms with Crippen LogP contribution in [-0.2, 0) is 6.54 Å². The van der Waals surface area contributed by atoms with E-state index in [1.165, 1.54) is 17.7 Å². The summed E-state index contributed by atoms with van der Waals surface area (Å²) in [6.45, 7) is 2.80. The highest BCUT2D eigenvalue weighted by molar-refractivity contribution is 9.10. The van der Waals surface area contributed by atoms with Gasteiger partial charge in [0.05, 0.1) is 11.3 Å². The van der Waals surface area contributed by atoms with Crippen molar-refractivity contribution in [3.63, 3.8) is 0 Å². The van der Waals surface area contributed by atoms with Crippen molar-refractivity contribution in [3.05, 3.63) is 76.3 Å². The van der Waals surface area contributed by atoms with Crippen molar-refractivity contribution < 1.29 is 14.6 Å². The molecule has 164 valence electrons. The minimum Gasteiger partial charge on any atom is -0.506 e. The summed E-state index contributed by atoms with van der Waals surface area (Å²) in [5.74, 6) is 0.434. The first-order valence-electron chi connectivity index (χ1n) is 10.7. The van der Waals surface area contributed by atoms with Crippen molar-refractivity contribution in [2.45, 2.75) is 25.4 Å². The Kier molecular flexibility index (Phi) is 5.53. The van der Waals surface area contributed by atoms with Gasteiger partial charge in [0.25, 0.3) is 5.91 Å². The molecular formula is C25H24BrN3O3. The number of carbonyl (C=O) groups excluding carboxylic acids is 1. The minimum atomic E-state index is -0.586. The van der Waals surface area contributed by atoms with Crippen LogP contribution in [0.2, 0.25) is 0 Å². The molecule has 0 unspecified atom stereocenters. The normalized spacial score (nSPS) is 16.2. The number of fused-ring (bicyclic) bond motifs is 2. The fourth-order valence-electron chi connectivity index (χ4n) is 4.65. The number of halogens is 1. The highest BCUT2D eigenvalue weighted by atomic mass is 79.9. The van der Waals surface area contributed by atoms with E-state index in [0.717, 1.165) is 42.6 Å². The van der Waals surface area contributed by atoms with E-state index in [4.69, 9.17) is 10.5 Å². The molecule has 1 saturated heterocycles. The molecular weight excluding hydrogens is 470 g/mol. The number of anilines is 2. The van der Waals surface area contributed by atoms with Crippen LogP contribution in [0, 0.1) is 0 Å². The number of nitrogens with zero attached hydrogens (tertiary/aromatic N) is 2. The zero-order valence-electron chi connectivity index (χ0n) is 17.5. The van der Waals surface area contributed by atoms with E-state index in [-0.39, 0.29) is 17.4 Å². The van der Waals surface area contributed by atoms with Crippen LogP contribution in [0.5, 0.6) is 17.2 Å². The van der Waals surface area contributed by atoms with Gasteiger partial charge < -0.3 is 20.5 Å². The van der Waals surface area contributed by atoms with Crippen molar-refractivity contribution in [2.24, 2.45) is 5.73 Å². The van der Waals surface area contributed by atoms with Crippen molar-refractivity contribution >= 4 is 33.2 Å². The van der Waals surface area contributed by atoms with Gasteiger partial charge in [0, 0.05) is 30.1 Å². The number of benzene rings is 3. The van der Waals surface area contributed by atoms with Crippen LogP contribution in [0.25, 0.3) is 0 Å². The number of phenols is 1. The topological polar surface area (TPSA) is 79.0 Å². The number of piperidine rings is 1. The van der Waals surface area contributed by atoms with E-state index in [2.05, 4.69) is 50.0 Å². The maximum atomic E-state index is 12.1. The maximum absolute atomic E-state index is 12.1. The van der Waals surface area contributed by atoms with Crippen LogP contribution in [0.1, 0.15) is 28.8 Å². The summed E-state index contributed by atoms with van der Waals surface area (Å²) in [5, 5.41) is 10.8.